The molecule has 0 N–H and O–H groups in total. The lowest BCUT2D eigenvalue weighted by Crippen LogP contribution is -1.94. The molecule has 2 aromatic carbocycles. The Hall–Kier alpha value is -2.40. The highest BCUT2D eigenvalue weighted by molar-refractivity contribution is 6.69. The smallest absolute Gasteiger partial charge is 0.270 e. The van der Waals surface area contributed by atoms with Crippen molar-refractivity contribution in [3.05, 3.63) is 64.2 Å². The van der Waals surface area contributed by atoms with E-state index < -0.39 is 4.92 Å². The minimum absolute atomic E-state index is 0.0226. The van der Waals surface area contributed by atoms with Gasteiger partial charge in [0.15, 0.2) is 0 Å². The molecule has 0 spiro atoms. The summed E-state index contributed by atoms with van der Waals surface area (Å²) >= 11 is 6.09. The van der Waals surface area contributed by atoms with E-state index in [1.54, 1.807) is 43.5 Å². The molecule has 5 nitrogen and oxygen atoms in total. The molecule has 20 heavy (non-hydrogen) atoms. The van der Waals surface area contributed by atoms with E-state index in [-0.39, 0.29) is 10.9 Å². The van der Waals surface area contributed by atoms with Gasteiger partial charge in [-0.3, -0.25) is 10.1 Å². The highest BCUT2D eigenvalue weighted by Gasteiger charge is 2.08. The summed E-state index contributed by atoms with van der Waals surface area (Å²) in [4.78, 5) is 14.5. The molecule has 2 rings (SSSR count). The van der Waals surface area contributed by atoms with Gasteiger partial charge in [-0.1, -0.05) is 23.7 Å². The molecule has 0 unspecified atom stereocenters. The van der Waals surface area contributed by atoms with Crippen LogP contribution < -0.4 is 4.74 Å². The van der Waals surface area contributed by atoms with Gasteiger partial charge in [-0.25, -0.2) is 4.99 Å². The number of hydrogen-bond acceptors (Lipinski definition) is 4. The normalized spacial score (nSPS) is 11.2. The number of hydrogen-bond donors (Lipinski definition) is 0. The van der Waals surface area contributed by atoms with Gasteiger partial charge in [-0.15, -0.1) is 0 Å². The van der Waals surface area contributed by atoms with E-state index in [1.807, 2.05) is 0 Å². The van der Waals surface area contributed by atoms with Crippen LogP contribution in [0.2, 0.25) is 0 Å². The van der Waals surface area contributed by atoms with Gasteiger partial charge < -0.3 is 4.74 Å². The fourth-order valence-corrected chi connectivity index (χ4v) is 1.80. The second kappa shape index (κ2) is 6.16. The standard InChI is InChI=1S/C14H11ClN2O3/c1-20-13-7-5-11(6-8-13)16-14(15)10-3-2-4-12(9-10)17(18)19/h2-9H,1H3. The van der Waals surface area contributed by atoms with Crippen molar-refractivity contribution < 1.29 is 9.66 Å². The predicted molar refractivity (Wildman–Crippen MR) is 78.1 cm³/mol. The Morgan fingerprint density at radius 1 is 1.25 bits per heavy atom. The molecule has 0 amide bonds. The Morgan fingerprint density at radius 3 is 2.55 bits per heavy atom. The van der Waals surface area contributed by atoms with Crippen LogP contribution >= 0.6 is 11.6 Å². The van der Waals surface area contributed by atoms with Crippen LogP contribution in [-0.4, -0.2) is 17.2 Å². The number of benzene rings is 2. The summed E-state index contributed by atoms with van der Waals surface area (Å²) in [6.45, 7) is 0. The van der Waals surface area contributed by atoms with Crippen LogP contribution in [0.15, 0.2) is 53.5 Å². The zero-order chi connectivity index (χ0) is 14.5. The van der Waals surface area contributed by atoms with E-state index >= 15 is 0 Å². The molecule has 0 heterocycles. The number of aliphatic imine (C=N–C) groups is 1. The predicted octanol–water partition coefficient (Wildman–Crippen LogP) is 3.92. The monoisotopic (exact) mass is 290 g/mol. The first-order valence-electron chi connectivity index (χ1n) is 5.73. The Balaban J connectivity index is 2.29. The molecule has 102 valence electrons. The fourth-order valence-electron chi connectivity index (χ4n) is 1.58. The average Bonchev–Trinajstić information content (AvgIpc) is 2.48. The zero-order valence-corrected chi connectivity index (χ0v) is 11.4. The number of rotatable bonds is 4. The molecule has 0 radical (unpaired) electrons. The van der Waals surface area contributed by atoms with Crippen LogP contribution in [-0.2, 0) is 0 Å². The largest absolute Gasteiger partial charge is 0.497 e. The first-order valence-corrected chi connectivity index (χ1v) is 6.11. The topological polar surface area (TPSA) is 64.7 Å². The second-order valence-corrected chi connectivity index (χ2v) is 4.27. The highest BCUT2D eigenvalue weighted by atomic mass is 35.5. The number of ether oxygens (including phenoxy) is 1. The Labute approximate surface area is 120 Å². The van der Waals surface area contributed by atoms with Crippen molar-refractivity contribution >= 4 is 28.1 Å². The number of nitro groups is 1. The number of methoxy groups -OCH3 is 1. The van der Waals surface area contributed by atoms with Crippen molar-refractivity contribution in [2.75, 3.05) is 7.11 Å². The molecule has 0 bridgehead atoms. The van der Waals surface area contributed by atoms with Gasteiger partial charge >= 0.3 is 0 Å². The van der Waals surface area contributed by atoms with E-state index in [1.165, 1.54) is 12.1 Å². The van der Waals surface area contributed by atoms with Crippen molar-refractivity contribution in [3.8, 4) is 5.75 Å². The van der Waals surface area contributed by atoms with Crippen molar-refractivity contribution in [2.24, 2.45) is 4.99 Å². The van der Waals surface area contributed by atoms with Crippen molar-refractivity contribution in [3.63, 3.8) is 0 Å². The third-order valence-corrected chi connectivity index (χ3v) is 2.90. The fraction of sp³-hybridized carbons (Fsp3) is 0.0714. The number of non-ortho nitro benzene ring substituents is 1. The van der Waals surface area contributed by atoms with Gasteiger partial charge in [0.1, 0.15) is 10.9 Å². The van der Waals surface area contributed by atoms with Crippen LogP contribution in [0.3, 0.4) is 0 Å². The summed E-state index contributed by atoms with van der Waals surface area (Å²) in [5.41, 5.74) is 1.12. The van der Waals surface area contributed by atoms with Gasteiger partial charge in [0.05, 0.1) is 17.7 Å². The number of nitrogens with zero attached hydrogens (tertiary/aromatic N) is 2. The Morgan fingerprint density at radius 2 is 1.95 bits per heavy atom. The molecule has 0 aliphatic carbocycles. The molecule has 0 aliphatic heterocycles. The summed E-state index contributed by atoms with van der Waals surface area (Å²) in [6.07, 6.45) is 0. The third kappa shape index (κ3) is 3.33. The van der Waals surface area contributed by atoms with Crippen LogP contribution in [0.25, 0.3) is 0 Å². The summed E-state index contributed by atoms with van der Waals surface area (Å²) in [5.74, 6) is 0.718. The van der Waals surface area contributed by atoms with E-state index in [4.69, 9.17) is 16.3 Å². The molecule has 0 atom stereocenters. The van der Waals surface area contributed by atoms with E-state index in [0.717, 1.165) is 5.75 Å². The minimum Gasteiger partial charge on any atom is -0.497 e. The van der Waals surface area contributed by atoms with E-state index in [2.05, 4.69) is 4.99 Å². The van der Waals surface area contributed by atoms with Crippen molar-refractivity contribution in [1.29, 1.82) is 0 Å². The van der Waals surface area contributed by atoms with E-state index in [9.17, 15) is 10.1 Å². The Bertz CT molecular complexity index is 654. The van der Waals surface area contributed by atoms with Gasteiger partial charge in [-0.05, 0) is 24.3 Å². The molecule has 0 aliphatic rings. The zero-order valence-electron chi connectivity index (χ0n) is 10.6. The highest BCUT2D eigenvalue weighted by Crippen LogP contribution is 2.21. The summed E-state index contributed by atoms with van der Waals surface area (Å²) in [5, 5.41) is 10.9. The van der Waals surface area contributed by atoms with Gasteiger partial charge in [0, 0.05) is 17.7 Å². The number of halogens is 1. The van der Waals surface area contributed by atoms with Crippen LogP contribution in [0.5, 0.6) is 5.75 Å². The third-order valence-electron chi connectivity index (χ3n) is 2.59. The first-order chi connectivity index (χ1) is 9.60. The maximum absolute atomic E-state index is 10.7. The van der Waals surface area contributed by atoms with Gasteiger partial charge in [0.2, 0.25) is 0 Å². The maximum Gasteiger partial charge on any atom is 0.270 e. The van der Waals surface area contributed by atoms with Crippen LogP contribution in [0.1, 0.15) is 5.56 Å². The summed E-state index contributed by atoms with van der Waals surface area (Å²) in [6, 6.07) is 13.0. The maximum atomic E-state index is 10.7. The summed E-state index contributed by atoms with van der Waals surface area (Å²) in [7, 11) is 1.58. The molecule has 2 aromatic rings. The van der Waals surface area contributed by atoms with Crippen molar-refractivity contribution in [1.82, 2.24) is 0 Å². The molecular weight excluding hydrogens is 280 g/mol. The van der Waals surface area contributed by atoms with Crippen LogP contribution in [0, 0.1) is 10.1 Å². The second-order valence-electron chi connectivity index (χ2n) is 3.91. The Kier molecular flexibility index (Phi) is 4.32. The lowest BCUT2D eigenvalue weighted by Gasteiger charge is -2.01. The minimum atomic E-state index is -0.471. The van der Waals surface area contributed by atoms with Crippen molar-refractivity contribution in [2.45, 2.75) is 0 Å². The first kappa shape index (κ1) is 14.0. The SMILES string of the molecule is COc1ccc(N=C(Cl)c2cccc([N+](=O)[O-])c2)cc1. The average molecular weight is 291 g/mol. The molecule has 0 saturated carbocycles. The quantitative estimate of drug-likeness (QED) is 0.487. The lowest BCUT2D eigenvalue weighted by atomic mass is 10.2. The van der Waals surface area contributed by atoms with Gasteiger partial charge in [0.25, 0.3) is 5.69 Å². The molecule has 0 aromatic heterocycles. The lowest BCUT2D eigenvalue weighted by molar-refractivity contribution is -0.384. The molecule has 0 saturated heterocycles. The van der Waals surface area contributed by atoms with Crippen LogP contribution in [0.4, 0.5) is 11.4 Å². The number of nitro benzene ring substituents is 1. The van der Waals surface area contributed by atoms with E-state index in [0.29, 0.717) is 11.3 Å². The van der Waals surface area contributed by atoms with Gasteiger partial charge in [-0.2, -0.15) is 0 Å². The summed E-state index contributed by atoms with van der Waals surface area (Å²) < 4.78 is 5.04. The molecule has 6 heteroatoms. The molecule has 0 fully saturated rings. The molecular formula is C14H11ClN2O3.